The van der Waals surface area contributed by atoms with E-state index in [1.807, 2.05) is 30.3 Å². The van der Waals surface area contributed by atoms with Gasteiger partial charge in [0.25, 0.3) is 0 Å². The van der Waals surface area contributed by atoms with Gasteiger partial charge in [0.2, 0.25) is 0 Å². The summed E-state index contributed by atoms with van der Waals surface area (Å²) in [5.74, 6) is -0.00980. The van der Waals surface area contributed by atoms with Crippen molar-refractivity contribution < 1.29 is 9.90 Å². The number of carbonyl (C=O) groups is 1. The molecule has 0 saturated carbocycles. The second-order valence-corrected chi connectivity index (χ2v) is 4.80. The van der Waals surface area contributed by atoms with Crippen LogP contribution in [0, 0.1) is 0 Å². The molecule has 1 N–H and O–H groups in total. The molecule has 2 heterocycles. The van der Waals surface area contributed by atoms with Gasteiger partial charge in [-0.15, -0.1) is 0 Å². The summed E-state index contributed by atoms with van der Waals surface area (Å²) < 4.78 is 1.75. The Bertz CT molecular complexity index is 592. The summed E-state index contributed by atoms with van der Waals surface area (Å²) in [4.78, 5) is 15.6. The maximum atomic E-state index is 11.2. The summed E-state index contributed by atoms with van der Waals surface area (Å²) in [5.41, 5.74) is 1.14. The topological polar surface area (TPSA) is 68.0 Å². The number of nitrogens with zero attached hydrogens (tertiary/aromatic N) is 3. The van der Waals surface area contributed by atoms with Crippen molar-refractivity contribution in [2.45, 2.75) is 31.7 Å². The lowest BCUT2D eigenvalue weighted by Crippen LogP contribution is -2.22. The standard InChI is InChI=1S/C14H15N3O2/c18-14(19)11-7-4-8-17-13(11)15-12(16-17)9-10-5-2-1-3-6-10/h1-3,5-6,11H,4,7-9H2,(H,18,19). The van der Waals surface area contributed by atoms with Crippen LogP contribution in [0.25, 0.3) is 0 Å². The Labute approximate surface area is 110 Å². The van der Waals surface area contributed by atoms with Gasteiger partial charge in [-0.2, -0.15) is 5.10 Å². The van der Waals surface area contributed by atoms with E-state index >= 15 is 0 Å². The first kappa shape index (κ1) is 11.9. The summed E-state index contributed by atoms with van der Waals surface area (Å²) in [6, 6.07) is 9.97. The molecule has 0 saturated heterocycles. The van der Waals surface area contributed by atoms with Crippen molar-refractivity contribution in [1.29, 1.82) is 0 Å². The molecule has 3 rings (SSSR count). The minimum absolute atomic E-state index is 0.509. The number of hydrogen-bond donors (Lipinski definition) is 1. The number of aromatic nitrogens is 3. The quantitative estimate of drug-likeness (QED) is 0.910. The Morgan fingerprint density at radius 2 is 2.16 bits per heavy atom. The van der Waals surface area contributed by atoms with Crippen molar-refractivity contribution in [1.82, 2.24) is 14.8 Å². The van der Waals surface area contributed by atoms with Crippen LogP contribution in [-0.2, 0) is 17.8 Å². The number of aryl methyl sites for hydroxylation is 1. The molecule has 5 heteroatoms. The van der Waals surface area contributed by atoms with Gasteiger partial charge in [-0.25, -0.2) is 9.67 Å². The van der Waals surface area contributed by atoms with Gasteiger partial charge in [0.05, 0.1) is 0 Å². The third kappa shape index (κ3) is 2.36. The molecule has 0 radical (unpaired) electrons. The van der Waals surface area contributed by atoms with Gasteiger partial charge in [0, 0.05) is 13.0 Å². The summed E-state index contributed by atoms with van der Waals surface area (Å²) in [6.07, 6.45) is 2.14. The highest BCUT2D eigenvalue weighted by atomic mass is 16.4. The van der Waals surface area contributed by atoms with Crippen LogP contribution >= 0.6 is 0 Å². The number of fused-ring (bicyclic) bond motifs is 1. The fraction of sp³-hybridized carbons (Fsp3) is 0.357. The van der Waals surface area contributed by atoms with Crippen LogP contribution in [0.3, 0.4) is 0 Å². The summed E-state index contributed by atoms with van der Waals surface area (Å²) in [6.45, 7) is 0.765. The van der Waals surface area contributed by atoms with Gasteiger partial charge in [0.1, 0.15) is 11.7 Å². The second-order valence-electron chi connectivity index (χ2n) is 4.80. The Morgan fingerprint density at radius 1 is 1.37 bits per heavy atom. The average molecular weight is 257 g/mol. The van der Waals surface area contributed by atoms with Crippen molar-refractivity contribution in [3.05, 3.63) is 47.5 Å². The van der Waals surface area contributed by atoms with E-state index in [4.69, 9.17) is 0 Å². The Morgan fingerprint density at radius 3 is 2.89 bits per heavy atom. The summed E-state index contributed by atoms with van der Waals surface area (Å²) in [7, 11) is 0. The predicted octanol–water partition coefficient (Wildman–Crippen LogP) is 1.83. The zero-order valence-electron chi connectivity index (χ0n) is 10.5. The molecule has 0 fully saturated rings. The molecule has 1 aromatic carbocycles. The number of carboxylic acids is 1. The minimum atomic E-state index is -0.806. The Balaban J connectivity index is 1.87. The van der Waals surface area contributed by atoms with Gasteiger partial charge in [-0.3, -0.25) is 4.79 Å². The lowest BCUT2D eigenvalue weighted by Gasteiger charge is -2.17. The highest BCUT2D eigenvalue weighted by Crippen LogP contribution is 2.25. The van der Waals surface area contributed by atoms with E-state index in [-0.39, 0.29) is 0 Å². The van der Waals surface area contributed by atoms with Crippen molar-refractivity contribution in [3.63, 3.8) is 0 Å². The van der Waals surface area contributed by atoms with Gasteiger partial charge < -0.3 is 5.11 Å². The fourth-order valence-electron chi connectivity index (χ4n) is 2.49. The molecule has 0 amide bonds. The molecule has 1 unspecified atom stereocenters. The molecule has 19 heavy (non-hydrogen) atoms. The molecule has 0 aliphatic carbocycles. The number of hydrogen-bond acceptors (Lipinski definition) is 3. The van der Waals surface area contributed by atoms with Crippen LogP contribution in [0.2, 0.25) is 0 Å². The van der Waals surface area contributed by atoms with E-state index in [1.54, 1.807) is 4.68 Å². The van der Waals surface area contributed by atoms with Gasteiger partial charge in [-0.1, -0.05) is 30.3 Å². The Hall–Kier alpha value is -2.17. The molecule has 98 valence electrons. The van der Waals surface area contributed by atoms with Crippen molar-refractivity contribution in [3.8, 4) is 0 Å². The number of carboxylic acid groups (broad SMARTS) is 1. The molecule has 1 atom stereocenters. The normalized spacial score (nSPS) is 18.0. The first-order valence-corrected chi connectivity index (χ1v) is 6.44. The summed E-state index contributed by atoms with van der Waals surface area (Å²) in [5, 5.41) is 13.6. The Kier molecular flexibility index (Phi) is 3.03. The maximum Gasteiger partial charge on any atom is 0.314 e. The smallest absolute Gasteiger partial charge is 0.314 e. The molecule has 1 aliphatic rings. The zero-order valence-corrected chi connectivity index (χ0v) is 10.5. The highest BCUT2D eigenvalue weighted by Gasteiger charge is 2.29. The zero-order chi connectivity index (χ0) is 13.2. The lowest BCUT2D eigenvalue weighted by atomic mass is 10.00. The summed E-state index contributed by atoms with van der Waals surface area (Å²) >= 11 is 0. The molecule has 2 aromatic rings. The first-order chi connectivity index (χ1) is 9.24. The number of benzene rings is 1. The molecule has 0 spiro atoms. The molecular formula is C14H15N3O2. The molecular weight excluding hydrogens is 242 g/mol. The van der Waals surface area contributed by atoms with Gasteiger partial charge in [-0.05, 0) is 18.4 Å². The molecule has 5 nitrogen and oxygen atoms in total. The monoisotopic (exact) mass is 257 g/mol. The van der Waals surface area contributed by atoms with E-state index in [0.717, 1.165) is 18.5 Å². The lowest BCUT2D eigenvalue weighted by molar-refractivity contribution is -0.139. The maximum absolute atomic E-state index is 11.2. The molecule has 0 bridgehead atoms. The minimum Gasteiger partial charge on any atom is -0.481 e. The average Bonchev–Trinajstić information content (AvgIpc) is 2.81. The van der Waals surface area contributed by atoms with Crippen LogP contribution in [0.5, 0.6) is 0 Å². The van der Waals surface area contributed by atoms with Crippen molar-refractivity contribution in [2.24, 2.45) is 0 Å². The van der Waals surface area contributed by atoms with E-state index in [2.05, 4.69) is 10.1 Å². The first-order valence-electron chi connectivity index (χ1n) is 6.44. The number of rotatable bonds is 3. The van der Waals surface area contributed by atoms with Crippen LogP contribution in [-0.4, -0.2) is 25.8 Å². The van der Waals surface area contributed by atoms with Crippen LogP contribution < -0.4 is 0 Å². The highest BCUT2D eigenvalue weighted by molar-refractivity contribution is 5.75. The second kappa shape index (κ2) is 4.84. The fourth-order valence-corrected chi connectivity index (χ4v) is 2.49. The van der Waals surface area contributed by atoms with Crippen molar-refractivity contribution in [2.75, 3.05) is 0 Å². The molecule has 1 aromatic heterocycles. The largest absolute Gasteiger partial charge is 0.481 e. The SMILES string of the molecule is O=C(O)C1CCCn2nc(Cc3ccccc3)nc21. The third-order valence-electron chi connectivity index (χ3n) is 3.42. The van der Waals surface area contributed by atoms with Crippen LogP contribution in [0.15, 0.2) is 30.3 Å². The van der Waals surface area contributed by atoms with Crippen LogP contribution in [0.1, 0.15) is 36.0 Å². The van der Waals surface area contributed by atoms with Crippen molar-refractivity contribution >= 4 is 5.97 Å². The van der Waals surface area contributed by atoms with E-state index in [1.165, 1.54) is 0 Å². The van der Waals surface area contributed by atoms with Gasteiger partial charge >= 0.3 is 5.97 Å². The van der Waals surface area contributed by atoms with E-state index < -0.39 is 11.9 Å². The molecule has 1 aliphatic heterocycles. The van der Waals surface area contributed by atoms with E-state index in [0.29, 0.717) is 24.5 Å². The van der Waals surface area contributed by atoms with Gasteiger partial charge in [0.15, 0.2) is 5.82 Å². The predicted molar refractivity (Wildman–Crippen MR) is 68.9 cm³/mol. The van der Waals surface area contributed by atoms with E-state index in [9.17, 15) is 9.90 Å². The van der Waals surface area contributed by atoms with Crippen LogP contribution in [0.4, 0.5) is 0 Å². The third-order valence-corrected chi connectivity index (χ3v) is 3.42. The number of aliphatic carboxylic acids is 1.